The summed E-state index contributed by atoms with van der Waals surface area (Å²) in [6.07, 6.45) is 1.66. The predicted molar refractivity (Wildman–Crippen MR) is 95.6 cm³/mol. The first-order valence-corrected chi connectivity index (χ1v) is 8.82. The molecule has 1 fully saturated rings. The summed E-state index contributed by atoms with van der Waals surface area (Å²) in [7, 11) is 0. The van der Waals surface area contributed by atoms with Crippen molar-refractivity contribution in [2.24, 2.45) is 0 Å². The number of carbonyl (C=O) groups excluding carboxylic acids is 1. The molecule has 2 N–H and O–H groups in total. The zero-order valence-electron chi connectivity index (χ0n) is 11.9. The molecule has 6 nitrogen and oxygen atoms in total. The van der Waals surface area contributed by atoms with Gasteiger partial charge in [0.1, 0.15) is 6.07 Å². The Kier molecular flexibility index (Phi) is 6.10. The largest absolute Gasteiger partial charge is 0.490 e. The number of amides is 1. The average Bonchev–Trinajstić information content (AvgIpc) is 2.82. The summed E-state index contributed by atoms with van der Waals surface area (Å²) < 4.78 is 12.2. The Hall–Kier alpha value is -1.50. The van der Waals surface area contributed by atoms with Gasteiger partial charge in [0.05, 0.1) is 16.0 Å². The highest BCUT2D eigenvalue weighted by Crippen LogP contribution is 2.44. The van der Waals surface area contributed by atoms with E-state index in [1.165, 1.54) is 0 Å². The highest BCUT2D eigenvalue weighted by atomic mass is 79.9. The molecule has 1 heterocycles. The van der Waals surface area contributed by atoms with Crippen molar-refractivity contribution in [2.75, 3.05) is 13.2 Å². The van der Waals surface area contributed by atoms with Crippen molar-refractivity contribution in [3.8, 4) is 17.6 Å². The van der Waals surface area contributed by atoms with Crippen molar-refractivity contribution in [1.29, 1.82) is 10.7 Å². The normalized spacial score (nSPS) is 15.5. The van der Waals surface area contributed by atoms with Crippen molar-refractivity contribution >= 4 is 60.8 Å². The summed E-state index contributed by atoms with van der Waals surface area (Å²) in [6.45, 7) is 2.15. The Bertz CT molecular complexity index is 744. The van der Waals surface area contributed by atoms with Crippen LogP contribution in [0, 0.1) is 16.7 Å². The highest BCUT2D eigenvalue weighted by Gasteiger charge is 2.24. The number of nitrogens with zero attached hydrogens (tertiary/aromatic N) is 1. The third-order valence-corrected chi connectivity index (χ3v) is 5.66. The molecule has 1 aromatic carbocycles. The van der Waals surface area contributed by atoms with Crippen molar-refractivity contribution in [2.45, 2.75) is 6.92 Å². The summed E-state index contributed by atoms with van der Waals surface area (Å²) >= 11 is 7.92. The third-order valence-electron chi connectivity index (χ3n) is 2.69. The lowest BCUT2D eigenvalue weighted by Crippen LogP contribution is -2.18. The van der Waals surface area contributed by atoms with E-state index in [1.54, 1.807) is 12.1 Å². The van der Waals surface area contributed by atoms with Gasteiger partial charge in [0.2, 0.25) is 0 Å². The van der Waals surface area contributed by atoms with Crippen LogP contribution in [-0.2, 0) is 4.79 Å². The molecular weight excluding hydrogens is 450 g/mol. The lowest BCUT2D eigenvalue weighted by Gasteiger charge is -2.15. The number of hydrogen-bond acceptors (Lipinski definition) is 6. The average molecular weight is 461 g/mol. The lowest BCUT2D eigenvalue weighted by molar-refractivity contribution is -0.115. The molecular formula is C14H11Br2N3O3S. The van der Waals surface area contributed by atoms with E-state index in [-0.39, 0.29) is 17.7 Å². The van der Waals surface area contributed by atoms with Gasteiger partial charge >= 0.3 is 0 Å². The molecule has 1 aliphatic heterocycles. The molecule has 0 atom stereocenters. The Morgan fingerprint density at radius 1 is 1.43 bits per heavy atom. The Morgan fingerprint density at radius 3 is 2.74 bits per heavy atom. The molecule has 0 radical (unpaired) electrons. The van der Waals surface area contributed by atoms with E-state index in [4.69, 9.17) is 20.1 Å². The van der Waals surface area contributed by atoms with Gasteiger partial charge in [-0.2, -0.15) is 5.26 Å². The van der Waals surface area contributed by atoms with E-state index >= 15 is 0 Å². The maximum atomic E-state index is 11.7. The number of halogens is 2. The molecule has 23 heavy (non-hydrogen) atoms. The predicted octanol–water partition coefficient (Wildman–Crippen LogP) is 3.65. The number of nitrogens with one attached hydrogen (secondary N) is 2. The van der Waals surface area contributed by atoms with E-state index in [0.717, 1.165) is 11.8 Å². The van der Waals surface area contributed by atoms with Crippen LogP contribution in [0.3, 0.4) is 0 Å². The highest BCUT2D eigenvalue weighted by molar-refractivity contribution is 9.13. The van der Waals surface area contributed by atoms with Gasteiger partial charge in [-0.25, -0.2) is 0 Å². The molecule has 1 aliphatic rings. The first-order chi connectivity index (χ1) is 11.0. The molecule has 0 spiro atoms. The second kappa shape index (κ2) is 7.86. The molecule has 1 amide bonds. The number of carbonyl (C=O) groups is 1. The summed E-state index contributed by atoms with van der Waals surface area (Å²) in [4.78, 5) is 12.2. The van der Waals surface area contributed by atoms with Crippen LogP contribution in [0.15, 0.2) is 19.9 Å². The van der Waals surface area contributed by atoms with Gasteiger partial charge in [-0.1, -0.05) is 0 Å². The standard InChI is InChI=1S/C14H11Br2N3O3S/c1-2-21-8-5-7(6-9-13(20)19-14(18)23-9)10(15)11(16)12(8)22-4-3-17/h5-6H,2,4H2,1H3,(H2,18,19,20). The molecule has 9 heteroatoms. The third kappa shape index (κ3) is 4.07. The molecule has 0 saturated carbocycles. The van der Waals surface area contributed by atoms with Crippen LogP contribution in [0.25, 0.3) is 6.08 Å². The number of benzene rings is 1. The van der Waals surface area contributed by atoms with E-state index in [2.05, 4.69) is 37.2 Å². The fraction of sp³-hybridized carbons (Fsp3) is 0.214. The molecule has 0 aliphatic carbocycles. The number of ether oxygens (including phenoxy) is 2. The van der Waals surface area contributed by atoms with Crippen molar-refractivity contribution in [3.63, 3.8) is 0 Å². The minimum absolute atomic E-state index is 0.0930. The van der Waals surface area contributed by atoms with E-state index in [9.17, 15) is 4.79 Å². The van der Waals surface area contributed by atoms with Crippen molar-refractivity contribution in [1.82, 2.24) is 5.32 Å². The number of hydrogen-bond donors (Lipinski definition) is 2. The molecule has 1 saturated heterocycles. The van der Waals surface area contributed by atoms with Crippen molar-refractivity contribution < 1.29 is 14.3 Å². The Labute approximate surface area is 154 Å². The molecule has 2 rings (SSSR count). The zero-order valence-corrected chi connectivity index (χ0v) is 15.9. The minimum Gasteiger partial charge on any atom is -0.490 e. The minimum atomic E-state index is -0.314. The van der Waals surface area contributed by atoms with Crippen LogP contribution in [-0.4, -0.2) is 24.3 Å². The number of amidine groups is 1. The molecule has 0 bridgehead atoms. The Morgan fingerprint density at radius 2 is 2.17 bits per heavy atom. The van der Waals surface area contributed by atoms with Crippen LogP contribution in [0.5, 0.6) is 11.5 Å². The summed E-state index contributed by atoms with van der Waals surface area (Å²) in [6, 6.07) is 3.63. The lowest BCUT2D eigenvalue weighted by atomic mass is 10.2. The van der Waals surface area contributed by atoms with E-state index in [0.29, 0.717) is 37.5 Å². The first kappa shape index (κ1) is 17.8. The number of rotatable bonds is 5. The smallest absolute Gasteiger partial charge is 0.264 e. The van der Waals surface area contributed by atoms with Gasteiger partial charge in [-0.3, -0.25) is 10.2 Å². The molecule has 1 aromatic rings. The van der Waals surface area contributed by atoms with Crippen LogP contribution in [0.2, 0.25) is 0 Å². The molecule has 0 aromatic heterocycles. The molecule has 0 unspecified atom stereocenters. The monoisotopic (exact) mass is 459 g/mol. The summed E-state index contributed by atoms with van der Waals surface area (Å²) in [5.74, 6) is 0.563. The first-order valence-electron chi connectivity index (χ1n) is 6.41. The topological polar surface area (TPSA) is 95.2 Å². The maximum absolute atomic E-state index is 11.7. The van der Waals surface area contributed by atoms with Crippen molar-refractivity contribution in [3.05, 3.63) is 25.5 Å². The van der Waals surface area contributed by atoms with Crippen LogP contribution >= 0.6 is 43.6 Å². The van der Waals surface area contributed by atoms with E-state index in [1.807, 2.05) is 13.0 Å². The van der Waals surface area contributed by atoms with Gasteiger partial charge in [0.15, 0.2) is 23.3 Å². The van der Waals surface area contributed by atoms with Gasteiger partial charge in [0.25, 0.3) is 5.91 Å². The summed E-state index contributed by atoms with van der Waals surface area (Å²) in [5, 5.41) is 18.7. The van der Waals surface area contributed by atoms with Gasteiger partial charge in [-0.15, -0.1) is 0 Å². The zero-order chi connectivity index (χ0) is 17.0. The Balaban J connectivity index is 2.49. The van der Waals surface area contributed by atoms with Gasteiger partial charge in [0, 0.05) is 4.47 Å². The number of nitriles is 1. The SMILES string of the molecule is CCOc1cc(C=C2SC(=N)NC2=O)c(Br)c(Br)c1OCC#N. The second-order valence-electron chi connectivity index (χ2n) is 4.19. The van der Waals surface area contributed by atoms with Crippen LogP contribution in [0.4, 0.5) is 0 Å². The fourth-order valence-corrected chi connectivity index (χ4v) is 3.44. The fourth-order valence-electron chi connectivity index (χ4n) is 1.79. The van der Waals surface area contributed by atoms with E-state index < -0.39 is 0 Å². The molecule has 120 valence electrons. The van der Waals surface area contributed by atoms with Crippen LogP contribution < -0.4 is 14.8 Å². The number of thioether (sulfide) groups is 1. The quantitative estimate of drug-likeness (QED) is 0.654. The van der Waals surface area contributed by atoms with Crippen LogP contribution in [0.1, 0.15) is 12.5 Å². The van der Waals surface area contributed by atoms with Gasteiger partial charge in [-0.05, 0) is 68.3 Å². The summed E-state index contributed by atoms with van der Waals surface area (Å²) in [5.41, 5.74) is 0.692. The maximum Gasteiger partial charge on any atom is 0.264 e. The second-order valence-corrected chi connectivity index (χ2v) is 6.83. The van der Waals surface area contributed by atoms with Gasteiger partial charge < -0.3 is 14.8 Å².